The molecule has 0 saturated carbocycles. The summed E-state index contributed by atoms with van der Waals surface area (Å²) < 4.78 is 75.1. The number of hydrogen-bond acceptors (Lipinski definition) is 2. The molecule has 0 fully saturated rings. The molecule has 0 atom stereocenters. The Balaban J connectivity index is 3.08. The zero-order valence-electron chi connectivity index (χ0n) is 10.5. The van der Waals surface area contributed by atoms with E-state index in [4.69, 9.17) is 0 Å². The summed E-state index contributed by atoms with van der Waals surface area (Å²) in [5, 5.41) is 0. The van der Waals surface area contributed by atoms with Gasteiger partial charge in [0.1, 0.15) is 5.75 Å². The fourth-order valence-corrected chi connectivity index (χ4v) is 1.44. The molecule has 0 heterocycles. The monoisotopic (exact) mass is 378 g/mol. The highest BCUT2D eigenvalue weighted by Crippen LogP contribution is 2.50. The number of carbonyl (C=O) groups excluding carboxylic acids is 1. The first-order chi connectivity index (χ1) is 9.43. The molecule has 0 aliphatic heterocycles. The second kappa shape index (κ2) is 5.86. The SMILES string of the molecule is CCc1ccc(OC(=O)C(Br)(C(F)(F)F)C(F)(F)F)cc1. The van der Waals surface area contributed by atoms with Gasteiger partial charge in [-0.15, -0.1) is 0 Å². The van der Waals surface area contributed by atoms with E-state index in [0.717, 1.165) is 17.7 Å². The second-order valence-electron chi connectivity index (χ2n) is 4.04. The third-order valence-corrected chi connectivity index (χ3v) is 3.83. The van der Waals surface area contributed by atoms with Gasteiger partial charge in [0.15, 0.2) is 0 Å². The molecular formula is C12H9BrF6O2. The predicted octanol–water partition coefficient (Wildman–Crippen LogP) is 4.41. The molecule has 0 aromatic heterocycles. The van der Waals surface area contributed by atoms with Crippen LogP contribution in [0.1, 0.15) is 12.5 Å². The minimum atomic E-state index is -5.90. The highest BCUT2D eigenvalue weighted by Gasteiger charge is 2.75. The summed E-state index contributed by atoms with van der Waals surface area (Å²) in [6.07, 6.45) is -11.2. The molecule has 0 saturated heterocycles. The van der Waals surface area contributed by atoms with Crippen molar-refractivity contribution >= 4 is 21.9 Å². The fraction of sp³-hybridized carbons (Fsp3) is 0.417. The van der Waals surface area contributed by atoms with E-state index in [1.807, 2.05) is 0 Å². The van der Waals surface area contributed by atoms with E-state index >= 15 is 0 Å². The molecule has 0 bridgehead atoms. The molecule has 0 aliphatic carbocycles. The molecular weight excluding hydrogens is 370 g/mol. The first-order valence-electron chi connectivity index (χ1n) is 5.57. The van der Waals surface area contributed by atoms with Gasteiger partial charge in [-0.2, -0.15) is 26.3 Å². The van der Waals surface area contributed by atoms with Crippen molar-refractivity contribution in [2.45, 2.75) is 30.0 Å². The van der Waals surface area contributed by atoms with Crippen molar-refractivity contribution in [3.8, 4) is 5.75 Å². The largest absolute Gasteiger partial charge is 0.425 e. The van der Waals surface area contributed by atoms with E-state index in [1.165, 1.54) is 28.1 Å². The molecule has 118 valence electrons. The van der Waals surface area contributed by atoms with Crippen LogP contribution in [-0.4, -0.2) is 22.6 Å². The molecule has 9 heteroatoms. The molecule has 1 aromatic rings. The number of esters is 1. The number of carbonyl (C=O) groups is 1. The summed E-state index contributed by atoms with van der Waals surface area (Å²) in [4.78, 5) is 11.4. The maximum atomic E-state index is 12.6. The Labute approximate surface area is 124 Å². The van der Waals surface area contributed by atoms with Crippen LogP contribution in [-0.2, 0) is 11.2 Å². The Morgan fingerprint density at radius 3 is 1.81 bits per heavy atom. The van der Waals surface area contributed by atoms with Crippen molar-refractivity contribution in [3.05, 3.63) is 29.8 Å². The van der Waals surface area contributed by atoms with Gasteiger partial charge in [0.05, 0.1) is 0 Å². The van der Waals surface area contributed by atoms with E-state index in [2.05, 4.69) is 4.74 Å². The molecule has 2 nitrogen and oxygen atoms in total. The minimum Gasteiger partial charge on any atom is -0.425 e. The third kappa shape index (κ3) is 3.50. The number of halogens is 7. The molecule has 0 N–H and O–H groups in total. The van der Waals surface area contributed by atoms with Gasteiger partial charge in [-0.05, 0) is 24.1 Å². The molecule has 1 aromatic carbocycles. The van der Waals surface area contributed by atoms with Crippen LogP contribution >= 0.6 is 15.9 Å². The van der Waals surface area contributed by atoms with Crippen LogP contribution in [0.4, 0.5) is 26.3 Å². The smallest absolute Gasteiger partial charge is 0.423 e. The molecule has 1 rings (SSSR count). The molecule has 0 amide bonds. The zero-order valence-corrected chi connectivity index (χ0v) is 12.1. The lowest BCUT2D eigenvalue weighted by Gasteiger charge is -2.29. The van der Waals surface area contributed by atoms with Crippen LogP contribution in [0.3, 0.4) is 0 Å². The van der Waals surface area contributed by atoms with E-state index in [9.17, 15) is 31.1 Å². The number of aryl methyl sites for hydroxylation is 1. The standard InChI is InChI=1S/C12H9BrF6O2/c1-2-7-3-5-8(6-4-7)21-9(20)10(13,11(14,15)16)12(17,18)19/h3-6H,2H2,1H3. The number of ether oxygens (including phenoxy) is 1. The minimum absolute atomic E-state index is 0.408. The van der Waals surface area contributed by atoms with Crippen molar-refractivity contribution in [2.24, 2.45) is 0 Å². The lowest BCUT2D eigenvalue weighted by molar-refractivity contribution is -0.259. The summed E-state index contributed by atoms with van der Waals surface area (Å²) in [5.41, 5.74) is 0.784. The Bertz CT molecular complexity index is 492. The van der Waals surface area contributed by atoms with E-state index in [1.54, 1.807) is 6.92 Å². The third-order valence-electron chi connectivity index (χ3n) is 2.60. The van der Waals surface area contributed by atoms with Gasteiger partial charge in [-0.1, -0.05) is 35.0 Å². The molecule has 0 unspecified atom stereocenters. The van der Waals surface area contributed by atoms with Crippen LogP contribution < -0.4 is 4.74 Å². The average molecular weight is 379 g/mol. The Morgan fingerprint density at radius 2 is 1.48 bits per heavy atom. The van der Waals surface area contributed by atoms with Crippen molar-refractivity contribution < 1.29 is 35.9 Å². The topological polar surface area (TPSA) is 26.3 Å². The Kier molecular flexibility index (Phi) is 4.97. The molecule has 0 aliphatic rings. The number of alkyl halides is 7. The van der Waals surface area contributed by atoms with Crippen LogP contribution in [0.5, 0.6) is 5.75 Å². The number of hydrogen-bond donors (Lipinski definition) is 0. The first-order valence-corrected chi connectivity index (χ1v) is 6.36. The van der Waals surface area contributed by atoms with Crippen LogP contribution in [0.25, 0.3) is 0 Å². The lowest BCUT2D eigenvalue weighted by Crippen LogP contribution is -2.59. The molecule has 0 spiro atoms. The number of rotatable bonds is 3. The second-order valence-corrected chi connectivity index (χ2v) is 5.23. The van der Waals surface area contributed by atoms with E-state index in [-0.39, 0.29) is 0 Å². The van der Waals surface area contributed by atoms with Crippen molar-refractivity contribution in [3.63, 3.8) is 0 Å². The highest BCUT2D eigenvalue weighted by atomic mass is 79.9. The van der Waals surface area contributed by atoms with Crippen molar-refractivity contribution in [2.75, 3.05) is 0 Å². The van der Waals surface area contributed by atoms with Crippen LogP contribution in [0.2, 0.25) is 0 Å². The molecule has 0 radical (unpaired) electrons. The van der Waals surface area contributed by atoms with Gasteiger partial charge < -0.3 is 4.74 Å². The molecule has 21 heavy (non-hydrogen) atoms. The van der Waals surface area contributed by atoms with Gasteiger partial charge in [-0.3, -0.25) is 0 Å². The van der Waals surface area contributed by atoms with Gasteiger partial charge in [0.2, 0.25) is 0 Å². The summed E-state index contributed by atoms with van der Waals surface area (Å²) >= 11 is 1.45. The van der Waals surface area contributed by atoms with Gasteiger partial charge in [-0.25, -0.2) is 4.79 Å². The predicted molar refractivity (Wildman–Crippen MR) is 65.2 cm³/mol. The van der Waals surface area contributed by atoms with E-state index < -0.39 is 28.4 Å². The lowest BCUT2D eigenvalue weighted by atomic mass is 10.1. The quantitative estimate of drug-likeness (QED) is 0.337. The summed E-state index contributed by atoms with van der Waals surface area (Å²) in [7, 11) is 0. The summed E-state index contributed by atoms with van der Waals surface area (Å²) in [5.74, 6) is -2.90. The van der Waals surface area contributed by atoms with Crippen LogP contribution in [0, 0.1) is 0 Å². The highest BCUT2D eigenvalue weighted by molar-refractivity contribution is 9.10. The fourth-order valence-electron chi connectivity index (χ4n) is 1.36. The Hall–Kier alpha value is -1.25. The Morgan fingerprint density at radius 1 is 1.05 bits per heavy atom. The zero-order chi connectivity index (χ0) is 16.5. The summed E-state index contributed by atoms with van der Waals surface area (Å²) in [6, 6.07) is 5.10. The van der Waals surface area contributed by atoms with E-state index in [0.29, 0.717) is 6.42 Å². The maximum Gasteiger partial charge on any atom is 0.423 e. The van der Waals surface area contributed by atoms with Gasteiger partial charge >= 0.3 is 22.6 Å². The maximum absolute atomic E-state index is 12.6. The van der Waals surface area contributed by atoms with Crippen molar-refractivity contribution in [1.82, 2.24) is 0 Å². The van der Waals surface area contributed by atoms with Crippen molar-refractivity contribution in [1.29, 1.82) is 0 Å². The van der Waals surface area contributed by atoms with Gasteiger partial charge in [0, 0.05) is 0 Å². The van der Waals surface area contributed by atoms with Gasteiger partial charge in [0.25, 0.3) is 0 Å². The first kappa shape index (κ1) is 17.8. The number of benzene rings is 1. The van der Waals surface area contributed by atoms with Crippen LogP contribution in [0.15, 0.2) is 24.3 Å². The average Bonchev–Trinajstić information content (AvgIpc) is 2.35. The normalized spacial score (nSPS) is 13.1. The summed E-state index contributed by atoms with van der Waals surface area (Å²) in [6.45, 7) is 1.80.